The fourth-order valence-corrected chi connectivity index (χ4v) is 2.69. The first-order valence-corrected chi connectivity index (χ1v) is 6.25. The molecule has 1 aliphatic carbocycles. The fourth-order valence-electron chi connectivity index (χ4n) is 1.85. The van der Waals surface area contributed by atoms with Gasteiger partial charge in [-0.25, -0.2) is 4.98 Å². The lowest BCUT2D eigenvalue weighted by Gasteiger charge is -2.05. The van der Waals surface area contributed by atoms with Gasteiger partial charge in [-0.15, -0.1) is 11.3 Å². The summed E-state index contributed by atoms with van der Waals surface area (Å²) >= 11 is 1.74. The van der Waals surface area contributed by atoms with Crippen molar-refractivity contribution in [1.29, 1.82) is 0 Å². The van der Waals surface area contributed by atoms with Gasteiger partial charge in [0.05, 0.1) is 11.7 Å². The molecule has 2 N–H and O–H groups in total. The quantitative estimate of drug-likeness (QED) is 0.801. The molecule has 3 rings (SSSR count). The topological polar surface area (TPSA) is 37.0 Å². The normalized spacial score (nSPS) is 26.7. The third-order valence-electron chi connectivity index (χ3n) is 2.84. The second-order valence-electron chi connectivity index (χ2n) is 4.15. The molecule has 4 heteroatoms. The molecule has 1 aromatic rings. The van der Waals surface area contributed by atoms with Crippen LogP contribution in [0.4, 0.5) is 5.13 Å². The minimum atomic E-state index is 0.515. The van der Waals surface area contributed by atoms with E-state index in [4.69, 9.17) is 0 Å². The Hall–Kier alpha value is -0.610. The molecular formula is C10H15N3S. The third-order valence-corrected chi connectivity index (χ3v) is 3.64. The van der Waals surface area contributed by atoms with E-state index in [0.717, 1.165) is 11.7 Å². The number of rotatable bonds is 3. The number of aromatic nitrogens is 1. The van der Waals surface area contributed by atoms with Gasteiger partial charge < -0.3 is 10.6 Å². The summed E-state index contributed by atoms with van der Waals surface area (Å²) in [4.78, 5) is 4.62. The summed E-state index contributed by atoms with van der Waals surface area (Å²) in [6.07, 6.45) is 5.16. The second kappa shape index (κ2) is 3.51. The van der Waals surface area contributed by atoms with Gasteiger partial charge in [0.15, 0.2) is 5.13 Å². The van der Waals surface area contributed by atoms with Crippen molar-refractivity contribution in [2.45, 2.75) is 37.8 Å². The van der Waals surface area contributed by atoms with Gasteiger partial charge in [-0.3, -0.25) is 0 Å². The predicted molar refractivity (Wildman–Crippen MR) is 58.7 cm³/mol. The lowest BCUT2D eigenvalue weighted by Crippen LogP contribution is -2.13. The standard InChI is InChI=1S/C10H15N3S/c1-2-8(11-5-1)9-6-14-10(13-9)12-7-3-4-7/h6-8,11H,1-5H2,(H,12,13)/t8-/m1/s1. The summed E-state index contributed by atoms with van der Waals surface area (Å²) in [7, 11) is 0. The molecule has 1 saturated carbocycles. The van der Waals surface area contributed by atoms with Crippen LogP contribution in [0, 0.1) is 0 Å². The molecule has 1 atom stereocenters. The van der Waals surface area contributed by atoms with Gasteiger partial charge in [0.25, 0.3) is 0 Å². The van der Waals surface area contributed by atoms with E-state index >= 15 is 0 Å². The minimum Gasteiger partial charge on any atom is -0.359 e. The van der Waals surface area contributed by atoms with E-state index in [1.165, 1.54) is 31.4 Å². The van der Waals surface area contributed by atoms with Gasteiger partial charge in [0.1, 0.15) is 0 Å². The second-order valence-corrected chi connectivity index (χ2v) is 5.00. The van der Waals surface area contributed by atoms with Crippen LogP contribution in [0.3, 0.4) is 0 Å². The smallest absolute Gasteiger partial charge is 0.183 e. The van der Waals surface area contributed by atoms with Crippen LogP contribution < -0.4 is 10.6 Å². The zero-order chi connectivity index (χ0) is 9.38. The van der Waals surface area contributed by atoms with E-state index in [9.17, 15) is 0 Å². The maximum Gasteiger partial charge on any atom is 0.183 e. The highest BCUT2D eigenvalue weighted by atomic mass is 32.1. The highest BCUT2D eigenvalue weighted by Crippen LogP contribution is 2.30. The number of anilines is 1. The molecule has 3 nitrogen and oxygen atoms in total. The lowest BCUT2D eigenvalue weighted by molar-refractivity contribution is 0.632. The van der Waals surface area contributed by atoms with E-state index in [1.54, 1.807) is 11.3 Å². The molecule has 1 aromatic heterocycles. The van der Waals surface area contributed by atoms with Crippen LogP contribution in [0.25, 0.3) is 0 Å². The summed E-state index contributed by atoms with van der Waals surface area (Å²) in [5, 5.41) is 10.2. The SMILES string of the molecule is c1sc(NC2CC2)nc1[C@H]1CCCN1. The third kappa shape index (κ3) is 1.77. The molecule has 0 bridgehead atoms. The first kappa shape index (κ1) is 8.68. The fraction of sp³-hybridized carbons (Fsp3) is 0.700. The molecular weight excluding hydrogens is 194 g/mol. The molecule has 0 aromatic carbocycles. The Labute approximate surface area is 87.9 Å². The number of hydrogen-bond donors (Lipinski definition) is 2. The molecule has 2 heterocycles. The van der Waals surface area contributed by atoms with Crippen molar-refractivity contribution < 1.29 is 0 Å². The summed E-state index contributed by atoms with van der Waals surface area (Å²) in [5.74, 6) is 0. The van der Waals surface area contributed by atoms with Crippen LogP contribution in [-0.4, -0.2) is 17.6 Å². The molecule has 1 aliphatic heterocycles. The number of nitrogens with one attached hydrogen (secondary N) is 2. The predicted octanol–water partition coefficient (Wildman–Crippen LogP) is 2.14. The van der Waals surface area contributed by atoms with E-state index < -0.39 is 0 Å². The molecule has 0 radical (unpaired) electrons. The first-order chi connectivity index (χ1) is 6.92. The van der Waals surface area contributed by atoms with E-state index in [-0.39, 0.29) is 0 Å². The molecule has 76 valence electrons. The van der Waals surface area contributed by atoms with Gasteiger partial charge in [0.2, 0.25) is 0 Å². The van der Waals surface area contributed by atoms with E-state index in [2.05, 4.69) is 21.0 Å². The molecule has 0 unspecified atom stereocenters. The van der Waals surface area contributed by atoms with Crippen molar-refractivity contribution >= 4 is 16.5 Å². The minimum absolute atomic E-state index is 0.515. The van der Waals surface area contributed by atoms with Crippen LogP contribution >= 0.6 is 11.3 Å². The Balaban J connectivity index is 1.68. The lowest BCUT2D eigenvalue weighted by atomic mass is 10.2. The highest BCUT2D eigenvalue weighted by Gasteiger charge is 2.23. The van der Waals surface area contributed by atoms with Crippen molar-refractivity contribution in [3.8, 4) is 0 Å². The Morgan fingerprint density at radius 3 is 3.07 bits per heavy atom. The number of thiazole rings is 1. The maximum atomic E-state index is 4.62. The van der Waals surface area contributed by atoms with Crippen molar-refractivity contribution in [2.75, 3.05) is 11.9 Å². The van der Waals surface area contributed by atoms with Crippen molar-refractivity contribution in [3.05, 3.63) is 11.1 Å². The molecule has 2 aliphatic rings. The van der Waals surface area contributed by atoms with Crippen LogP contribution in [-0.2, 0) is 0 Å². The monoisotopic (exact) mass is 209 g/mol. The van der Waals surface area contributed by atoms with Gasteiger partial charge in [0, 0.05) is 11.4 Å². The Morgan fingerprint density at radius 1 is 1.43 bits per heavy atom. The van der Waals surface area contributed by atoms with Gasteiger partial charge in [-0.2, -0.15) is 0 Å². The zero-order valence-corrected chi connectivity index (χ0v) is 8.94. The number of nitrogens with zero attached hydrogens (tertiary/aromatic N) is 1. The van der Waals surface area contributed by atoms with E-state index in [0.29, 0.717) is 12.1 Å². The van der Waals surface area contributed by atoms with Gasteiger partial charge in [-0.1, -0.05) is 0 Å². The van der Waals surface area contributed by atoms with Crippen LogP contribution in [0.2, 0.25) is 0 Å². The van der Waals surface area contributed by atoms with Gasteiger partial charge >= 0.3 is 0 Å². The summed E-state index contributed by atoms with van der Waals surface area (Å²) in [6.45, 7) is 1.15. The maximum absolute atomic E-state index is 4.62. The van der Waals surface area contributed by atoms with Crippen LogP contribution in [0.15, 0.2) is 5.38 Å². The van der Waals surface area contributed by atoms with Crippen molar-refractivity contribution in [3.63, 3.8) is 0 Å². The average Bonchev–Trinajstić information content (AvgIpc) is 2.71. The summed E-state index contributed by atoms with van der Waals surface area (Å²) in [5.41, 5.74) is 1.23. The molecule has 0 amide bonds. The largest absolute Gasteiger partial charge is 0.359 e. The highest BCUT2D eigenvalue weighted by molar-refractivity contribution is 7.13. The Bertz CT molecular complexity index is 313. The summed E-state index contributed by atoms with van der Waals surface area (Å²) < 4.78 is 0. The molecule has 0 spiro atoms. The first-order valence-electron chi connectivity index (χ1n) is 5.37. The number of hydrogen-bond acceptors (Lipinski definition) is 4. The molecule has 14 heavy (non-hydrogen) atoms. The Morgan fingerprint density at radius 2 is 2.36 bits per heavy atom. The van der Waals surface area contributed by atoms with Crippen LogP contribution in [0.5, 0.6) is 0 Å². The molecule has 2 fully saturated rings. The van der Waals surface area contributed by atoms with Crippen LogP contribution in [0.1, 0.15) is 37.4 Å². The summed E-state index contributed by atoms with van der Waals surface area (Å²) in [6, 6.07) is 1.23. The Kier molecular flexibility index (Phi) is 2.18. The zero-order valence-electron chi connectivity index (χ0n) is 8.12. The van der Waals surface area contributed by atoms with Crippen molar-refractivity contribution in [1.82, 2.24) is 10.3 Å². The van der Waals surface area contributed by atoms with Gasteiger partial charge in [-0.05, 0) is 32.2 Å². The molecule has 1 saturated heterocycles. The van der Waals surface area contributed by atoms with E-state index in [1.807, 2.05) is 0 Å². The van der Waals surface area contributed by atoms with Crippen molar-refractivity contribution in [2.24, 2.45) is 0 Å². The average molecular weight is 209 g/mol.